The van der Waals surface area contributed by atoms with Gasteiger partial charge in [-0.2, -0.15) is 0 Å². The number of furan rings is 1. The SMILES string of the molecule is Cc1c(C(C)NC(=O)CCCNC(=O)C2CC2)oc2ccc(F)cc12. The van der Waals surface area contributed by atoms with Crippen molar-refractivity contribution in [1.82, 2.24) is 10.6 Å². The number of benzene rings is 1. The van der Waals surface area contributed by atoms with Crippen LogP contribution in [0.2, 0.25) is 0 Å². The Morgan fingerprint density at radius 2 is 2.12 bits per heavy atom. The number of hydrogen-bond donors (Lipinski definition) is 2. The van der Waals surface area contributed by atoms with E-state index < -0.39 is 0 Å². The van der Waals surface area contributed by atoms with Crippen molar-refractivity contribution in [1.29, 1.82) is 0 Å². The van der Waals surface area contributed by atoms with Gasteiger partial charge in [0.15, 0.2) is 0 Å². The number of aryl methyl sites for hydroxylation is 1. The third kappa shape index (κ3) is 4.18. The minimum atomic E-state index is -0.312. The first-order chi connectivity index (χ1) is 12.0. The maximum atomic E-state index is 13.4. The minimum absolute atomic E-state index is 0.0962. The second kappa shape index (κ2) is 7.25. The van der Waals surface area contributed by atoms with E-state index >= 15 is 0 Å². The summed E-state index contributed by atoms with van der Waals surface area (Å²) in [5, 5.41) is 6.46. The summed E-state index contributed by atoms with van der Waals surface area (Å²) < 4.78 is 19.1. The smallest absolute Gasteiger partial charge is 0.223 e. The van der Waals surface area contributed by atoms with Crippen molar-refractivity contribution in [2.75, 3.05) is 6.54 Å². The van der Waals surface area contributed by atoms with E-state index in [1.54, 1.807) is 6.07 Å². The molecule has 3 rings (SSSR count). The normalized spacial score (nSPS) is 15.2. The first-order valence-electron chi connectivity index (χ1n) is 8.71. The van der Waals surface area contributed by atoms with Crippen molar-refractivity contribution in [3.05, 3.63) is 35.3 Å². The van der Waals surface area contributed by atoms with E-state index in [2.05, 4.69) is 10.6 Å². The molecule has 1 saturated carbocycles. The number of halogens is 1. The summed E-state index contributed by atoms with van der Waals surface area (Å²) in [6.07, 6.45) is 2.89. The van der Waals surface area contributed by atoms with Crippen LogP contribution in [-0.2, 0) is 9.59 Å². The monoisotopic (exact) mass is 346 g/mol. The molecule has 1 aliphatic carbocycles. The number of rotatable bonds is 7. The molecule has 0 bridgehead atoms. The maximum Gasteiger partial charge on any atom is 0.223 e. The topological polar surface area (TPSA) is 71.3 Å². The molecular formula is C19H23FN2O3. The van der Waals surface area contributed by atoms with E-state index in [1.807, 2.05) is 13.8 Å². The molecule has 1 atom stereocenters. The molecule has 1 fully saturated rings. The molecule has 0 spiro atoms. The summed E-state index contributed by atoms with van der Waals surface area (Å²) in [5.41, 5.74) is 1.44. The number of amides is 2. The van der Waals surface area contributed by atoms with Crippen LogP contribution in [0.25, 0.3) is 11.0 Å². The minimum Gasteiger partial charge on any atom is -0.459 e. The molecule has 2 amide bonds. The molecule has 1 aliphatic rings. The third-order valence-electron chi connectivity index (χ3n) is 4.53. The molecule has 25 heavy (non-hydrogen) atoms. The average molecular weight is 346 g/mol. The van der Waals surface area contributed by atoms with Crippen LogP contribution in [0.5, 0.6) is 0 Å². The number of carbonyl (C=O) groups excluding carboxylic acids is 2. The zero-order chi connectivity index (χ0) is 18.0. The van der Waals surface area contributed by atoms with Crippen LogP contribution in [-0.4, -0.2) is 18.4 Å². The van der Waals surface area contributed by atoms with Gasteiger partial charge in [-0.25, -0.2) is 4.39 Å². The van der Waals surface area contributed by atoms with Gasteiger partial charge in [0.05, 0.1) is 6.04 Å². The molecule has 1 aromatic heterocycles. The second-order valence-electron chi connectivity index (χ2n) is 6.69. The molecule has 2 aromatic rings. The van der Waals surface area contributed by atoms with Crippen molar-refractivity contribution in [2.24, 2.45) is 5.92 Å². The number of hydrogen-bond acceptors (Lipinski definition) is 3. The van der Waals surface area contributed by atoms with Crippen molar-refractivity contribution in [3.8, 4) is 0 Å². The lowest BCUT2D eigenvalue weighted by Crippen LogP contribution is -2.29. The summed E-state index contributed by atoms with van der Waals surface area (Å²) in [6, 6.07) is 4.09. The molecule has 1 heterocycles. The van der Waals surface area contributed by atoms with E-state index in [-0.39, 0.29) is 29.6 Å². The van der Waals surface area contributed by atoms with Crippen LogP contribution in [0.3, 0.4) is 0 Å². The van der Waals surface area contributed by atoms with Crippen molar-refractivity contribution < 1.29 is 18.4 Å². The molecule has 0 saturated heterocycles. The fourth-order valence-corrected chi connectivity index (χ4v) is 2.95. The predicted octanol–water partition coefficient (Wildman–Crippen LogP) is 3.36. The maximum absolute atomic E-state index is 13.4. The zero-order valence-electron chi connectivity index (χ0n) is 14.5. The van der Waals surface area contributed by atoms with Crippen molar-refractivity contribution in [3.63, 3.8) is 0 Å². The van der Waals surface area contributed by atoms with Gasteiger partial charge < -0.3 is 15.1 Å². The van der Waals surface area contributed by atoms with Crippen LogP contribution in [0.4, 0.5) is 4.39 Å². The Labute approximate surface area is 146 Å². The Kier molecular flexibility index (Phi) is 5.06. The fourth-order valence-electron chi connectivity index (χ4n) is 2.95. The van der Waals surface area contributed by atoms with Gasteiger partial charge in [0, 0.05) is 29.8 Å². The van der Waals surface area contributed by atoms with Gasteiger partial charge in [0.1, 0.15) is 17.2 Å². The predicted molar refractivity (Wildman–Crippen MR) is 92.4 cm³/mol. The summed E-state index contributed by atoms with van der Waals surface area (Å²) in [4.78, 5) is 23.6. The van der Waals surface area contributed by atoms with E-state index in [0.29, 0.717) is 30.7 Å². The van der Waals surface area contributed by atoms with Crippen LogP contribution >= 0.6 is 0 Å². The first-order valence-corrected chi connectivity index (χ1v) is 8.71. The molecule has 5 nitrogen and oxygen atoms in total. The molecule has 1 aromatic carbocycles. The Morgan fingerprint density at radius 1 is 1.36 bits per heavy atom. The van der Waals surface area contributed by atoms with Gasteiger partial charge >= 0.3 is 0 Å². The fraction of sp³-hybridized carbons (Fsp3) is 0.474. The Balaban J connectivity index is 1.51. The highest BCUT2D eigenvalue weighted by molar-refractivity contribution is 5.83. The Morgan fingerprint density at radius 3 is 2.84 bits per heavy atom. The molecule has 0 aliphatic heterocycles. The van der Waals surface area contributed by atoms with E-state index in [0.717, 1.165) is 23.8 Å². The van der Waals surface area contributed by atoms with Gasteiger partial charge in [-0.15, -0.1) is 0 Å². The largest absolute Gasteiger partial charge is 0.459 e. The van der Waals surface area contributed by atoms with Gasteiger partial charge in [-0.1, -0.05) is 0 Å². The standard InChI is InChI=1S/C19H23FN2O3/c1-11-15-10-14(20)7-8-16(15)25-18(11)12(2)22-17(23)4-3-9-21-19(24)13-5-6-13/h7-8,10,12-13H,3-6,9H2,1-2H3,(H,21,24)(H,22,23). The Bertz CT molecular complexity index is 795. The van der Waals surface area contributed by atoms with Gasteiger partial charge in [-0.3, -0.25) is 9.59 Å². The van der Waals surface area contributed by atoms with Gasteiger partial charge in [0.2, 0.25) is 11.8 Å². The molecule has 2 N–H and O–H groups in total. The quantitative estimate of drug-likeness (QED) is 0.755. The van der Waals surface area contributed by atoms with Crippen LogP contribution in [0.1, 0.15) is 50.0 Å². The number of carbonyl (C=O) groups is 2. The van der Waals surface area contributed by atoms with Crippen LogP contribution in [0.15, 0.2) is 22.6 Å². The highest BCUT2D eigenvalue weighted by Crippen LogP contribution is 2.30. The summed E-state index contributed by atoms with van der Waals surface area (Å²) >= 11 is 0. The second-order valence-corrected chi connectivity index (χ2v) is 6.69. The molecule has 1 unspecified atom stereocenters. The highest BCUT2D eigenvalue weighted by atomic mass is 19.1. The lowest BCUT2D eigenvalue weighted by atomic mass is 10.1. The lowest BCUT2D eigenvalue weighted by Gasteiger charge is -2.12. The zero-order valence-corrected chi connectivity index (χ0v) is 14.5. The van der Waals surface area contributed by atoms with E-state index in [4.69, 9.17) is 4.42 Å². The van der Waals surface area contributed by atoms with Crippen LogP contribution < -0.4 is 10.6 Å². The average Bonchev–Trinajstić information content (AvgIpc) is 3.37. The van der Waals surface area contributed by atoms with E-state index in [1.165, 1.54) is 12.1 Å². The van der Waals surface area contributed by atoms with Gasteiger partial charge in [0.25, 0.3) is 0 Å². The third-order valence-corrected chi connectivity index (χ3v) is 4.53. The Hall–Kier alpha value is -2.37. The summed E-state index contributed by atoms with van der Waals surface area (Å²) in [7, 11) is 0. The molecule has 0 radical (unpaired) electrons. The highest BCUT2D eigenvalue weighted by Gasteiger charge is 2.29. The van der Waals surface area contributed by atoms with Crippen molar-refractivity contribution >= 4 is 22.8 Å². The molecular weight excluding hydrogens is 323 g/mol. The molecule has 6 heteroatoms. The van der Waals surface area contributed by atoms with Crippen molar-refractivity contribution in [2.45, 2.75) is 45.6 Å². The summed E-state index contributed by atoms with van der Waals surface area (Å²) in [6.45, 7) is 4.21. The number of nitrogens with one attached hydrogen (secondary N) is 2. The van der Waals surface area contributed by atoms with Gasteiger partial charge in [-0.05, 0) is 51.3 Å². The molecule has 134 valence electrons. The van der Waals surface area contributed by atoms with Crippen LogP contribution in [0, 0.1) is 18.7 Å². The lowest BCUT2D eigenvalue weighted by molar-refractivity contribution is -0.123. The number of fused-ring (bicyclic) bond motifs is 1. The summed E-state index contributed by atoms with van der Waals surface area (Å²) in [5.74, 6) is 0.511. The first kappa shape index (κ1) is 17.5. The van der Waals surface area contributed by atoms with E-state index in [9.17, 15) is 14.0 Å².